The summed E-state index contributed by atoms with van der Waals surface area (Å²) in [6.07, 6.45) is 1.90. The third-order valence-corrected chi connectivity index (χ3v) is 6.64. The van der Waals surface area contributed by atoms with Crippen molar-refractivity contribution in [3.05, 3.63) is 0 Å². The average molecular weight is 261 g/mol. The molecule has 100 valence electrons. The first kappa shape index (κ1) is 13.5. The molecule has 2 aliphatic heterocycles. The Hall–Kier alpha value is 0.110. The molecule has 4 nitrogen and oxygen atoms in total. The fourth-order valence-corrected chi connectivity index (χ4v) is 4.49. The van der Waals surface area contributed by atoms with E-state index >= 15 is 0 Å². The van der Waals surface area contributed by atoms with E-state index in [0.717, 1.165) is 19.4 Å². The standard InChI is InChI=1S/C12H24NO3P/c1-11(2,3)10-8-15-17(14,16-9-10)12(4)6-5-7-13-12/h10,13H,5-9H2,1-4H3. The van der Waals surface area contributed by atoms with Gasteiger partial charge >= 0.3 is 7.60 Å². The normalized spacial score (nSPS) is 43.9. The van der Waals surface area contributed by atoms with Crippen molar-refractivity contribution in [1.82, 2.24) is 5.32 Å². The zero-order valence-electron chi connectivity index (χ0n) is 11.3. The van der Waals surface area contributed by atoms with Gasteiger partial charge in [-0.25, -0.2) is 0 Å². The molecule has 1 N–H and O–H groups in total. The molecule has 2 saturated heterocycles. The molecule has 2 aliphatic rings. The second-order valence-corrected chi connectivity index (χ2v) is 8.95. The van der Waals surface area contributed by atoms with Crippen LogP contribution in [0.2, 0.25) is 0 Å². The lowest BCUT2D eigenvalue weighted by molar-refractivity contribution is 0.0272. The van der Waals surface area contributed by atoms with Gasteiger partial charge in [-0.3, -0.25) is 4.57 Å². The summed E-state index contributed by atoms with van der Waals surface area (Å²) in [7, 11) is -2.99. The van der Waals surface area contributed by atoms with E-state index in [1.54, 1.807) is 0 Å². The van der Waals surface area contributed by atoms with Gasteiger partial charge in [0.1, 0.15) is 5.28 Å². The quantitative estimate of drug-likeness (QED) is 0.737. The van der Waals surface area contributed by atoms with Gasteiger partial charge in [0, 0.05) is 5.92 Å². The van der Waals surface area contributed by atoms with Gasteiger partial charge in [-0.1, -0.05) is 20.8 Å². The number of rotatable bonds is 1. The highest BCUT2D eigenvalue weighted by Gasteiger charge is 2.52. The minimum Gasteiger partial charge on any atom is -0.307 e. The molecule has 1 unspecified atom stereocenters. The Morgan fingerprint density at radius 3 is 2.29 bits per heavy atom. The van der Waals surface area contributed by atoms with E-state index in [4.69, 9.17) is 9.05 Å². The SMILES string of the molecule is CC(C)(C)C1COP(=O)(C2(C)CCCN2)OC1. The molecule has 0 saturated carbocycles. The van der Waals surface area contributed by atoms with E-state index in [2.05, 4.69) is 26.1 Å². The second-order valence-electron chi connectivity index (χ2n) is 6.46. The average Bonchev–Trinajstić information content (AvgIpc) is 2.66. The molecule has 0 radical (unpaired) electrons. The maximum Gasteiger partial charge on any atom is 0.350 e. The van der Waals surface area contributed by atoms with E-state index in [1.807, 2.05) is 6.92 Å². The fraction of sp³-hybridized carbons (Fsp3) is 1.00. The minimum atomic E-state index is -2.99. The van der Waals surface area contributed by atoms with Crippen LogP contribution in [0, 0.1) is 11.3 Å². The summed E-state index contributed by atoms with van der Waals surface area (Å²) in [5.74, 6) is 0.314. The molecule has 2 heterocycles. The van der Waals surface area contributed by atoms with Crippen molar-refractivity contribution in [1.29, 1.82) is 0 Å². The lowest BCUT2D eigenvalue weighted by Gasteiger charge is -2.41. The summed E-state index contributed by atoms with van der Waals surface area (Å²) >= 11 is 0. The van der Waals surface area contributed by atoms with Gasteiger partial charge in [0.25, 0.3) is 0 Å². The summed E-state index contributed by atoms with van der Waals surface area (Å²) in [6, 6.07) is 0. The Morgan fingerprint density at radius 1 is 1.29 bits per heavy atom. The van der Waals surface area contributed by atoms with Crippen molar-refractivity contribution in [2.45, 2.75) is 45.8 Å². The summed E-state index contributed by atoms with van der Waals surface area (Å²) in [5.41, 5.74) is 0.134. The van der Waals surface area contributed by atoms with Crippen LogP contribution in [0.25, 0.3) is 0 Å². The zero-order chi connectivity index (χ0) is 12.7. The third-order valence-electron chi connectivity index (χ3n) is 4.07. The summed E-state index contributed by atoms with van der Waals surface area (Å²) in [6.45, 7) is 10.4. The van der Waals surface area contributed by atoms with Crippen LogP contribution < -0.4 is 5.32 Å². The van der Waals surface area contributed by atoms with E-state index in [1.165, 1.54) is 0 Å². The van der Waals surface area contributed by atoms with Crippen molar-refractivity contribution in [2.75, 3.05) is 19.8 Å². The Balaban J connectivity index is 2.05. The number of hydrogen-bond donors (Lipinski definition) is 1. The maximum atomic E-state index is 12.7. The minimum absolute atomic E-state index is 0.134. The molecule has 0 spiro atoms. The molecule has 5 heteroatoms. The van der Waals surface area contributed by atoms with Crippen LogP contribution in [-0.2, 0) is 13.6 Å². The molecule has 1 atom stereocenters. The molecule has 17 heavy (non-hydrogen) atoms. The summed E-state index contributed by atoms with van der Waals surface area (Å²) in [4.78, 5) is 0. The van der Waals surface area contributed by atoms with Crippen molar-refractivity contribution in [3.63, 3.8) is 0 Å². The van der Waals surface area contributed by atoms with Crippen LogP contribution in [0.1, 0.15) is 40.5 Å². The topological polar surface area (TPSA) is 47.6 Å². The van der Waals surface area contributed by atoms with E-state index in [9.17, 15) is 4.57 Å². The van der Waals surface area contributed by atoms with Gasteiger partial charge in [-0.15, -0.1) is 0 Å². The van der Waals surface area contributed by atoms with Gasteiger partial charge in [0.2, 0.25) is 0 Å². The number of hydrogen-bond acceptors (Lipinski definition) is 4. The van der Waals surface area contributed by atoms with Crippen molar-refractivity contribution >= 4 is 7.60 Å². The predicted octanol–water partition coefficient (Wildman–Crippen LogP) is 2.99. The summed E-state index contributed by atoms with van der Waals surface area (Å²) in [5, 5.41) is 2.81. The molecule has 0 aromatic rings. The fourth-order valence-electron chi connectivity index (χ4n) is 2.36. The predicted molar refractivity (Wildman–Crippen MR) is 68.1 cm³/mol. The molecule has 0 aromatic carbocycles. The Morgan fingerprint density at radius 2 is 1.88 bits per heavy atom. The van der Waals surface area contributed by atoms with E-state index in [0.29, 0.717) is 19.1 Å². The van der Waals surface area contributed by atoms with Crippen LogP contribution in [0.5, 0.6) is 0 Å². The first-order chi connectivity index (χ1) is 7.77. The Labute approximate surface area is 104 Å². The lowest BCUT2D eigenvalue weighted by Crippen LogP contribution is -2.42. The zero-order valence-corrected chi connectivity index (χ0v) is 12.2. The lowest BCUT2D eigenvalue weighted by atomic mass is 9.82. The van der Waals surface area contributed by atoms with Gasteiger partial charge in [-0.05, 0) is 31.7 Å². The highest BCUT2D eigenvalue weighted by molar-refractivity contribution is 7.55. The maximum absolute atomic E-state index is 12.7. The Bertz CT molecular complexity index is 319. The van der Waals surface area contributed by atoms with Crippen molar-refractivity contribution < 1.29 is 13.6 Å². The Kier molecular flexibility index (Phi) is 3.46. The van der Waals surface area contributed by atoms with Crippen LogP contribution in [0.4, 0.5) is 0 Å². The molecule has 0 aromatic heterocycles. The smallest absolute Gasteiger partial charge is 0.307 e. The number of nitrogens with one attached hydrogen (secondary N) is 1. The van der Waals surface area contributed by atoms with Gasteiger partial charge in [0.15, 0.2) is 0 Å². The molecule has 2 fully saturated rings. The monoisotopic (exact) mass is 261 g/mol. The van der Waals surface area contributed by atoms with Gasteiger partial charge < -0.3 is 14.4 Å². The van der Waals surface area contributed by atoms with E-state index < -0.39 is 12.9 Å². The highest BCUT2D eigenvalue weighted by atomic mass is 31.2. The van der Waals surface area contributed by atoms with Gasteiger partial charge in [-0.2, -0.15) is 0 Å². The second kappa shape index (κ2) is 4.34. The van der Waals surface area contributed by atoms with Crippen molar-refractivity contribution in [2.24, 2.45) is 11.3 Å². The molecular weight excluding hydrogens is 237 g/mol. The van der Waals surface area contributed by atoms with Crippen molar-refractivity contribution in [3.8, 4) is 0 Å². The largest absolute Gasteiger partial charge is 0.350 e. The van der Waals surface area contributed by atoms with E-state index in [-0.39, 0.29) is 5.41 Å². The molecule has 0 amide bonds. The summed E-state index contributed by atoms with van der Waals surface area (Å²) < 4.78 is 24.0. The molecular formula is C12H24NO3P. The van der Waals surface area contributed by atoms with Crippen LogP contribution in [0.3, 0.4) is 0 Å². The first-order valence-corrected chi connectivity index (χ1v) is 7.95. The van der Waals surface area contributed by atoms with Crippen LogP contribution >= 0.6 is 7.60 Å². The first-order valence-electron chi connectivity index (χ1n) is 6.41. The van der Waals surface area contributed by atoms with Crippen LogP contribution in [-0.4, -0.2) is 25.0 Å². The molecule has 0 bridgehead atoms. The highest BCUT2D eigenvalue weighted by Crippen LogP contribution is 2.64. The van der Waals surface area contributed by atoms with Crippen LogP contribution in [0.15, 0.2) is 0 Å². The molecule has 0 aliphatic carbocycles. The third kappa shape index (κ3) is 2.46. The van der Waals surface area contributed by atoms with Gasteiger partial charge in [0.05, 0.1) is 13.2 Å². The molecule has 2 rings (SSSR count).